The van der Waals surface area contributed by atoms with Gasteiger partial charge in [0.1, 0.15) is 17.5 Å². The minimum absolute atomic E-state index is 0.0847. The molecule has 1 saturated carbocycles. The Kier molecular flexibility index (Phi) is 8.65. The van der Waals surface area contributed by atoms with Gasteiger partial charge in [-0.3, -0.25) is 14.2 Å². The van der Waals surface area contributed by atoms with Gasteiger partial charge in [0, 0.05) is 18.7 Å². The molecule has 5 atom stereocenters. The van der Waals surface area contributed by atoms with E-state index >= 15 is 0 Å². The molecule has 0 bridgehead atoms. The summed E-state index contributed by atoms with van der Waals surface area (Å²) < 4.78 is 26.7. The Hall–Kier alpha value is -4.64. The molecule has 1 aromatic heterocycles. The fourth-order valence-corrected chi connectivity index (χ4v) is 5.92. The molecule has 1 saturated heterocycles. The van der Waals surface area contributed by atoms with E-state index in [4.69, 9.17) is 18.9 Å². The van der Waals surface area contributed by atoms with E-state index in [1.54, 1.807) is 30.3 Å². The second kappa shape index (κ2) is 12.9. The van der Waals surface area contributed by atoms with Crippen LogP contribution in [0.4, 0.5) is 5.82 Å². The van der Waals surface area contributed by atoms with Crippen LogP contribution in [0.3, 0.4) is 0 Å². The molecule has 10 heteroatoms. The van der Waals surface area contributed by atoms with Crippen molar-refractivity contribution in [1.29, 1.82) is 0 Å². The summed E-state index contributed by atoms with van der Waals surface area (Å²) in [5.74, 6) is -0.846. The molecule has 2 aliphatic rings. The number of rotatable bonds is 10. The minimum atomic E-state index is -1.09. The maximum absolute atomic E-state index is 13.4. The molecule has 0 unspecified atom stereocenters. The summed E-state index contributed by atoms with van der Waals surface area (Å²) in [5.41, 5.74) is 0.608. The highest BCUT2D eigenvalue weighted by atomic mass is 16.7. The first kappa shape index (κ1) is 29.4. The maximum Gasteiger partial charge on any atom is 0.351 e. The molecule has 6 rings (SSSR count). The lowest BCUT2D eigenvalue weighted by molar-refractivity contribution is -0.174. The molecule has 2 fully saturated rings. The van der Waals surface area contributed by atoms with Gasteiger partial charge in [0.2, 0.25) is 0 Å². The third kappa shape index (κ3) is 6.19. The van der Waals surface area contributed by atoms with Crippen LogP contribution in [0.15, 0.2) is 108 Å². The van der Waals surface area contributed by atoms with Crippen molar-refractivity contribution in [3.05, 3.63) is 130 Å². The van der Waals surface area contributed by atoms with E-state index in [1.807, 2.05) is 60.7 Å². The van der Waals surface area contributed by atoms with Crippen LogP contribution in [-0.2, 0) is 37.0 Å². The van der Waals surface area contributed by atoms with Crippen molar-refractivity contribution < 1.29 is 28.5 Å². The van der Waals surface area contributed by atoms with Crippen molar-refractivity contribution in [2.24, 2.45) is 0 Å². The maximum atomic E-state index is 13.4. The zero-order valence-corrected chi connectivity index (χ0v) is 24.2. The molecule has 1 N–H and O–H groups in total. The van der Waals surface area contributed by atoms with E-state index in [0.29, 0.717) is 25.0 Å². The second-order valence-electron chi connectivity index (χ2n) is 10.9. The number of hydrogen-bond acceptors (Lipinski definition) is 8. The van der Waals surface area contributed by atoms with E-state index in [0.717, 1.165) is 11.1 Å². The van der Waals surface area contributed by atoms with Gasteiger partial charge in [-0.25, -0.2) is 4.79 Å². The lowest BCUT2D eigenvalue weighted by atomic mass is 9.93. The van der Waals surface area contributed by atoms with Crippen LogP contribution in [0.5, 0.6) is 0 Å². The van der Waals surface area contributed by atoms with Crippen LogP contribution in [0, 0.1) is 0 Å². The number of ether oxygens (including phenoxy) is 4. The smallest absolute Gasteiger partial charge is 0.351 e. The van der Waals surface area contributed by atoms with Crippen molar-refractivity contribution in [3.8, 4) is 0 Å². The Balaban J connectivity index is 1.30. The number of amides is 1. The summed E-state index contributed by atoms with van der Waals surface area (Å²) in [6.07, 6.45) is -0.482. The number of fused-ring (bicyclic) bond motifs is 1. The van der Waals surface area contributed by atoms with Gasteiger partial charge >= 0.3 is 11.7 Å². The summed E-state index contributed by atoms with van der Waals surface area (Å²) in [4.78, 5) is 42.5. The molecule has 1 aliphatic carbocycles. The summed E-state index contributed by atoms with van der Waals surface area (Å²) in [7, 11) is 0. The summed E-state index contributed by atoms with van der Waals surface area (Å²) in [6.45, 7) is 1.92. The van der Waals surface area contributed by atoms with Gasteiger partial charge in [-0.05, 0) is 42.2 Å². The zero-order chi connectivity index (χ0) is 30.5. The van der Waals surface area contributed by atoms with Crippen LogP contribution in [0.2, 0.25) is 0 Å². The Morgan fingerprint density at radius 2 is 1.57 bits per heavy atom. The molecule has 1 aliphatic heterocycles. The van der Waals surface area contributed by atoms with Gasteiger partial charge in [0.25, 0.3) is 5.91 Å². The molecule has 0 radical (unpaired) electrons. The standard InChI is InChI=1S/C34H33N3O7/c1-23(38)43-30-32(37-20-18-28(36-33(37)40)35-31(39)26-15-9-4-10-16-26)44-29-27(41-21-24-11-5-2-6-12-24)17-19-34(29,30)42-22-25-13-7-3-8-14-25/h2-16,18,20,27,29-30,32H,17,19,21-22H2,1H3,(H,35,36,39,40)/t27-,29-,30+,32-,34-/m1/s1. The van der Waals surface area contributed by atoms with Crippen molar-refractivity contribution in [2.45, 2.75) is 63.1 Å². The highest BCUT2D eigenvalue weighted by molar-refractivity contribution is 6.03. The molecule has 10 nitrogen and oxygen atoms in total. The fourth-order valence-electron chi connectivity index (χ4n) is 5.92. The lowest BCUT2D eigenvalue weighted by Gasteiger charge is -2.34. The Morgan fingerprint density at radius 1 is 0.932 bits per heavy atom. The minimum Gasteiger partial charge on any atom is -0.454 e. The molecular formula is C34H33N3O7. The van der Waals surface area contributed by atoms with Crippen LogP contribution < -0.4 is 11.0 Å². The first-order valence-corrected chi connectivity index (χ1v) is 14.5. The lowest BCUT2D eigenvalue weighted by Crippen LogP contribution is -2.51. The van der Waals surface area contributed by atoms with Crippen molar-refractivity contribution in [1.82, 2.24) is 9.55 Å². The Labute approximate surface area is 254 Å². The van der Waals surface area contributed by atoms with Crippen LogP contribution >= 0.6 is 0 Å². The van der Waals surface area contributed by atoms with E-state index in [2.05, 4.69) is 10.3 Å². The molecule has 44 heavy (non-hydrogen) atoms. The molecule has 0 spiro atoms. The third-order valence-corrected chi connectivity index (χ3v) is 8.00. The number of nitrogens with zero attached hydrogens (tertiary/aromatic N) is 2. The summed E-state index contributed by atoms with van der Waals surface area (Å²) in [6, 6.07) is 29.6. The highest BCUT2D eigenvalue weighted by Crippen LogP contribution is 2.51. The predicted octanol–water partition coefficient (Wildman–Crippen LogP) is 4.66. The van der Waals surface area contributed by atoms with Crippen LogP contribution in [0.25, 0.3) is 0 Å². The first-order chi connectivity index (χ1) is 21.4. The van der Waals surface area contributed by atoms with Gasteiger partial charge in [-0.15, -0.1) is 0 Å². The number of hydrogen-bond donors (Lipinski definition) is 1. The number of carbonyl (C=O) groups is 2. The summed E-state index contributed by atoms with van der Waals surface area (Å²) in [5, 5.41) is 2.65. The molecule has 3 aromatic carbocycles. The van der Waals surface area contributed by atoms with Crippen LogP contribution in [0.1, 0.15) is 47.5 Å². The largest absolute Gasteiger partial charge is 0.454 e. The molecule has 1 amide bonds. The molecule has 2 heterocycles. The number of esters is 1. The van der Waals surface area contributed by atoms with Gasteiger partial charge in [0.15, 0.2) is 12.3 Å². The van der Waals surface area contributed by atoms with Gasteiger partial charge in [0.05, 0.1) is 19.3 Å². The highest BCUT2D eigenvalue weighted by Gasteiger charge is 2.66. The zero-order valence-electron chi connectivity index (χ0n) is 24.2. The average Bonchev–Trinajstić information content (AvgIpc) is 3.54. The molecule has 226 valence electrons. The van der Waals surface area contributed by atoms with Gasteiger partial charge in [-0.2, -0.15) is 4.98 Å². The fraction of sp³-hybridized carbons (Fsp3) is 0.294. The van der Waals surface area contributed by atoms with E-state index in [-0.39, 0.29) is 18.5 Å². The Bertz CT molecular complexity index is 1650. The van der Waals surface area contributed by atoms with E-state index in [9.17, 15) is 14.4 Å². The number of aromatic nitrogens is 2. The first-order valence-electron chi connectivity index (χ1n) is 14.5. The SMILES string of the molecule is CC(=O)O[C@H]1[C@H](n2ccc(NC(=O)c3ccccc3)nc2=O)O[C@@H]2[C@H](OCc3ccccc3)CC[C@@]21OCc1ccccc1. The van der Waals surface area contributed by atoms with Gasteiger partial charge in [-0.1, -0.05) is 78.9 Å². The van der Waals surface area contributed by atoms with Gasteiger partial charge < -0.3 is 24.3 Å². The Morgan fingerprint density at radius 3 is 2.20 bits per heavy atom. The second-order valence-corrected chi connectivity index (χ2v) is 10.9. The third-order valence-electron chi connectivity index (χ3n) is 8.00. The quantitative estimate of drug-likeness (QED) is 0.263. The number of nitrogens with one attached hydrogen (secondary N) is 1. The number of carbonyl (C=O) groups excluding carboxylic acids is 2. The summed E-state index contributed by atoms with van der Waals surface area (Å²) >= 11 is 0. The van der Waals surface area contributed by atoms with Crippen LogP contribution in [-0.4, -0.2) is 45.3 Å². The normalized spacial score (nSPS) is 24.0. The molecular weight excluding hydrogens is 562 g/mol. The average molecular weight is 596 g/mol. The number of anilines is 1. The van der Waals surface area contributed by atoms with E-state index in [1.165, 1.54) is 23.8 Å². The number of benzene rings is 3. The predicted molar refractivity (Wildman–Crippen MR) is 161 cm³/mol. The van der Waals surface area contributed by atoms with Crippen molar-refractivity contribution in [2.75, 3.05) is 5.32 Å². The van der Waals surface area contributed by atoms with E-state index < -0.39 is 41.6 Å². The van der Waals surface area contributed by atoms with Crippen molar-refractivity contribution >= 4 is 17.7 Å². The molecule has 4 aromatic rings. The monoisotopic (exact) mass is 595 g/mol. The van der Waals surface area contributed by atoms with Crippen molar-refractivity contribution in [3.63, 3.8) is 0 Å². The topological polar surface area (TPSA) is 118 Å².